The molecule has 168 valence electrons. The van der Waals surface area contributed by atoms with E-state index in [2.05, 4.69) is 10.6 Å². The monoisotopic (exact) mass is 458 g/mol. The summed E-state index contributed by atoms with van der Waals surface area (Å²) in [5.41, 5.74) is 0. The summed E-state index contributed by atoms with van der Waals surface area (Å²) < 4.78 is 32.2. The van der Waals surface area contributed by atoms with Crippen molar-refractivity contribution in [3.8, 4) is 0 Å². The molecule has 2 saturated heterocycles. The molecule has 1 aromatic heterocycles. The fourth-order valence-corrected chi connectivity index (χ4v) is 6.19. The van der Waals surface area contributed by atoms with Crippen LogP contribution in [-0.4, -0.2) is 75.0 Å². The maximum absolute atomic E-state index is 12.7. The Hall–Kier alpha value is -1.69. The van der Waals surface area contributed by atoms with Gasteiger partial charge in [-0.2, -0.15) is 4.31 Å². The lowest BCUT2D eigenvalue weighted by atomic mass is 9.95. The zero-order chi connectivity index (χ0) is 21.7. The number of carbonyl (C=O) groups is 2. The Morgan fingerprint density at radius 1 is 1.20 bits per heavy atom. The van der Waals surface area contributed by atoms with Gasteiger partial charge in [0.05, 0.1) is 18.2 Å². The molecular weight excluding hydrogens is 428 g/mol. The summed E-state index contributed by atoms with van der Waals surface area (Å²) in [6.07, 6.45) is 2.13. The average molecular weight is 459 g/mol. The van der Waals surface area contributed by atoms with Crippen LogP contribution in [0.2, 0.25) is 0 Å². The standard InChI is InChI=1S/C19H30N4O5S2/c1-3-14(2)20-18(24)15-6-8-22(9-7-15)19(25)21-16-4-5-17(29-16)30(26,27)23-10-12-28-13-11-23/h4-5,14-15H,3,6-13H2,1-2H3,(H,20,24)(H,21,25). The van der Waals surface area contributed by atoms with Gasteiger partial charge in [-0.1, -0.05) is 6.92 Å². The lowest BCUT2D eigenvalue weighted by molar-refractivity contribution is -0.126. The Balaban J connectivity index is 1.52. The van der Waals surface area contributed by atoms with E-state index in [1.165, 1.54) is 10.4 Å². The van der Waals surface area contributed by atoms with Crippen molar-refractivity contribution in [2.24, 2.45) is 5.92 Å². The van der Waals surface area contributed by atoms with E-state index < -0.39 is 10.0 Å². The number of nitrogens with one attached hydrogen (secondary N) is 2. The summed E-state index contributed by atoms with van der Waals surface area (Å²) in [7, 11) is -3.57. The molecule has 3 amide bonds. The number of hydrogen-bond acceptors (Lipinski definition) is 6. The molecule has 0 saturated carbocycles. The second-order valence-electron chi connectivity index (χ2n) is 7.64. The maximum Gasteiger partial charge on any atom is 0.322 e. The number of ether oxygens (including phenoxy) is 1. The molecule has 2 N–H and O–H groups in total. The summed E-state index contributed by atoms with van der Waals surface area (Å²) in [4.78, 5) is 26.5. The Morgan fingerprint density at radius 3 is 2.50 bits per heavy atom. The molecule has 3 rings (SSSR count). The number of anilines is 1. The highest BCUT2D eigenvalue weighted by Crippen LogP contribution is 2.29. The zero-order valence-electron chi connectivity index (χ0n) is 17.4. The molecule has 3 heterocycles. The van der Waals surface area contributed by atoms with Crippen LogP contribution in [0.15, 0.2) is 16.3 Å². The first kappa shape index (κ1) is 23.0. The molecular formula is C19H30N4O5S2. The molecule has 0 radical (unpaired) electrons. The van der Waals surface area contributed by atoms with Gasteiger partial charge in [0.2, 0.25) is 5.91 Å². The van der Waals surface area contributed by atoms with Crippen LogP contribution < -0.4 is 10.6 Å². The molecule has 9 nitrogen and oxygen atoms in total. The van der Waals surface area contributed by atoms with Gasteiger partial charge in [-0.3, -0.25) is 10.1 Å². The van der Waals surface area contributed by atoms with Gasteiger partial charge >= 0.3 is 6.03 Å². The van der Waals surface area contributed by atoms with E-state index >= 15 is 0 Å². The maximum atomic E-state index is 12.7. The number of likely N-dealkylation sites (tertiary alicyclic amines) is 1. The van der Waals surface area contributed by atoms with Crippen LogP contribution in [0.4, 0.5) is 9.80 Å². The number of amides is 3. The molecule has 2 aliphatic rings. The molecule has 11 heteroatoms. The lowest BCUT2D eigenvalue weighted by Crippen LogP contribution is -2.45. The van der Waals surface area contributed by atoms with E-state index in [4.69, 9.17) is 4.74 Å². The number of morpholine rings is 1. The number of rotatable bonds is 6. The summed E-state index contributed by atoms with van der Waals surface area (Å²) in [5.74, 6) is -0.0179. The Bertz CT molecular complexity index is 843. The van der Waals surface area contributed by atoms with Gasteiger partial charge in [0.25, 0.3) is 10.0 Å². The van der Waals surface area contributed by atoms with Crippen LogP contribution in [0, 0.1) is 5.92 Å². The molecule has 0 bridgehead atoms. The zero-order valence-corrected chi connectivity index (χ0v) is 19.1. The molecule has 0 aliphatic carbocycles. The van der Waals surface area contributed by atoms with Gasteiger partial charge < -0.3 is 15.0 Å². The number of nitrogens with zero attached hydrogens (tertiary/aromatic N) is 2. The highest BCUT2D eigenvalue weighted by Gasteiger charge is 2.30. The van der Waals surface area contributed by atoms with Crippen LogP contribution in [0.3, 0.4) is 0 Å². The van der Waals surface area contributed by atoms with Crippen molar-refractivity contribution < 1.29 is 22.7 Å². The number of thiophene rings is 1. The van der Waals surface area contributed by atoms with Crippen molar-refractivity contribution in [1.82, 2.24) is 14.5 Å². The molecule has 1 aromatic rings. The third kappa shape index (κ3) is 5.51. The quantitative estimate of drug-likeness (QED) is 0.677. The summed E-state index contributed by atoms with van der Waals surface area (Å²) >= 11 is 1.05. The summed E-state index contributed by atoms with van der Waals surface area (Å²) in [6, 6.07) is 3.02. The van der Waals surface area contributed by atoms with E-state index in [0.717, 1.165) is 17.8 Å². The SMILES string of the molecule is CCC(C)NC(=O)C1CCN(C(=O)Nc2ccc(S(=O)(=O)N3CCOCC3)s2)CC1. The van der Waals surface area contributed by atoms with Crippen LogP contribution in [0.1, 0.15) is 33.1 Å². The second kappa shape index (κ2) is 10.1. The highest BCUT2D eigenvalue weighted by atomic mass is 32.2. The predicted molar refractivity (Wildman–Crippen MR) is 115 cm³/mol. The first-order chi connectivity index (χ1) is 14.3. The minimum Gasteiger partial charge on any atom is -0.379 e. The Labute approximate surface area is 181 Å². The molecule has 2 fully saturated rings. The van der Waals surface area contributed by atoms with Gasteiger partial charge in [-0.15, -0.1) is 11.3 Å². The van der Waals surface area contributed by atoms with Gasteiger partial charge in [0.15, 0.2) is 0 Å². The van der Waals surface area contributed by atoms with Crippen molar-refractivity contribution in [2.75, 3.05) is 44.7 Å². The molecule has 0 spiro atoms. The first-order valence-corrected chi connectivity index (χ1v) is 12.6. The minimum absolute atomic E-state index is 0.0561. The number of carbonyl (C=O) groups excluding carboxylic acids is 2. The number of sulfonamides is 1. The largest absolute Gasteiger partial charge is 0.379 e. The lowest BCUT2D eigenvalue weighted by Gasteiger charge is -2.31. The number of piperidine rings is 1. The van der Waals surface area contributed by atoms with E-state index in [9.17, 15) is 18.0 Å². The van der Waals surface area contributed by atoms with E-state index in [1.807, 2.05) is 13.8 Å². The molecule has 1 atom stereocenters. The van der Waals surface area contributed by atoms with Crippen molar-refractivity contribution >= 4 is 38.3 Å². The van der Waals surface area contributed by atoms with Gasteiger partial charge in [-0.25, -0.2) is 13.2 Å². The second-order valence-corrected chi connectivity index (χ2v) is 10.9. The van der Waals surface area contributed by atoms with Crippen LogP contribution >= 0.6 is 11.3 Å². The molecule has 1 unspecified atom stereocenters. The van der Waals surface area contributed by atoms with Gasteiger partial charge in [0.1, 0.15) is 4.21 Å². The summed E-state index contributed by atoms with van der Waals surface area (Å²) in [5, 5.41) is 6.28. The topological polar surface area (TPSA) is 108 Å². The van der Waals surface area contributed by atoms with E-state index in [1.54, 1.807) is 11.0 Å². The fraction of sp³-hybridized carbons (Fsp3) is 0.684. The first-order valence-electron chi connectivity index (χ1n) is 10.3. The Kier molecular flexibility index (Phi) is 7.72. The highest BCUT2D eigenvalue weighted by molar-refractivity contribution is 7.91. The fourth-order valence-electron chi connectivity index (χ4n) is 3.43. The van der Waals surface area contributed by atoms with Crippen LogP contribution in [0.25, 0.3) is 0 Å². The van der Waals surface area contributed by atoms with Crippen molar-refractivity contribution in [3.05, 3.63) is 12.1 Å². The number of hydrogen-bond donors (Lipinski definition) is 2. The normalized spacial score (nSPS) is 20.0. The molecule has 2 aliphatic heterocycles. The van der Waals surface area contributed by atoms with Crippen molar-refractivity contribution in [1.29, 1.82) is 0 Å². The number of urea groups is 1. The minimum atomic E-state index is -3.57. The van der Waals surface area contributed by atoms with Crippen molar-refractivity contribution in [3.63, 3.8) is 0 Å². The van der Waals surface area contributed by atoms with E-state index in [-0.39, 0.29) is 28.1 Å². The average Bonchev–Trinajstić information content (AvgIpc) is 3.23. The predicted octanol–water partition coefficient (Wildman–Crippen LogP) is 1.93. The van der Waals surface area contributed by atoms with Crippen molar-refractivity contribution in [2.45, 2.75) is 43.4 Å². The van der Waals surface area contributed by atoms with Gasteiger partial charge in [-0.05, 0) is 38.3 Å². The van der Waals surface area contributed by atoms with Gasteiger partial charge in [0, 0.05) is 38.1 Å². The third-order valence-corrected chi connectivity index (χ3v) is 8.90. The smallest absolute Gasteiger partial charge is 0.322 e. The molecule has 30 heavy (non-hydrogen) atoms. The summed E-state index contributed by atoms with van der Waals surface area (Å²) in [6.45, 7) is 6.45. The van der Waals surface area contributed by atoms with Crippen LogP contribution in [-0.2, 0) is 19.6 Å². The molecule has 0 aromatic carbocycles. The van der Waals surface area contributed by atoms with E-state index in [0.29, 0.717) is 57.2 Å². The Morgan fingerprint density at radius 2 is 1.87 bits per heavy atom. The van der Waals surface area contributed by atoms with Crippen LogP contribution in [0.5, 0.6) is 0 Å². The third-order valence-electron chi connectivity index (χ3n) is 5.53.